The van der Waals surface area contributed by atoms with Gasteiger partial charge < -0.3 is 29.9 Å². The number of carbonyl (C=O) groups excluding carboxylic acids is 3. The average molecular weight is 644 g/mol. The molecule has 3 N–H and O–H groups in total. The van der Waals surface area contributed by atoms with E-state index in [9.17, 15) is 37.0 Å². The number of alkyl halides is 3. The van der Waals surface area contributed by atoms with E-state index in [2.05, 4.69) is 21.9 Å². The SMILES string of the molecule is C=C[C@@H]1C[C@]1(NC(=O)[C@@H]1CCCN1C(=O)[C@@H](NC(=O)OC1CCCC1)C(C)(C)C)P(=O)(O)Cc1ccccc1OC(F)(F)F. The minimum Gasteiger partial charge on any atom is -0.446 e. The van der Waals surface area contributed by atoms with Gasteiger partial charge in [-0.1, -0.05) is 45.0 Å². The van der Waals surface area contributed by atoms with Gasteiger partial charge in [0.1, 0.15) is 29.2 Å². The minimum atomic E-state index is -5.00. The predicted octanol–water partition coefficient (Wildman–Crippen LogP) is 5.45. The quantitative estimate of drug-likeness (QED) is 0.228. The van der Waals surface area contributed by atoms with Crippen molar-refractivity contribution in [3.63, 3.8) is 0 Å². The van der Waals surface area contributed by atoms with Crippen LogP contribution in [0.3, 0.4) is 0 Å². The molecule has 0 bridgehead atoms. The van der Waals surface area contributed by atoms with Gasteiger partial charge in [0.2, 0.25) is 19.2 Å². The van der Waals surface area contributed by atoms with Gasteiger partial charge in [0, 0.05) is 18.0 Å². The van der Waals surface area contributed by atoms with Crippen molar-refractivity contribution < 1.29 is 46.5 Å². The van der Waals surface area contributed by atoms with Gasteiger partial charge in [-0.2, -0.15) is 0 Å². The third kappa shape index (κ3) is 7.59. The minimum absolute atomic E-state index is 0.0537. The van der Waals surface area contributed by atoms with Gasteiger partial charge in [0.25, 0.3) is 0 Å². The summed E-state index contributed by atoms with van der Waals surface area (Å²) in [5.74, 6) is -2.35. The first-order chi connectivity index (χ1) is 20.5. The maximum atomic E-state index is 13.8. The number of rotatable bonds is 10. The smallest absolute Gasteiger partial charge is 0.446 e. The number of hydrogen-bond acceptors (Lipinski definition) is 6. The second-order valence-corrected chi connectivity index (χ2v) is 15.4. The Morgan fingerprint density at radius 3 is 2.41 bits per heavy atom. The number of alkyl carbamates (subject to hydrolysis) is 1. The highest BCUT2D eigenvalue weighted by molar-refractivity contribution is 7.59. The summed E-state index contributed by atoms with van der Waals surface area (Å²) in [6.45, 7) is 9.28. The van der Waals surface area contributed by atoms with E-state index in [1.165, 1.54) is 29.2 Å². The van der Waals surface area contributed by atoms with Crippen LogP contribution < -0.4 is 15.4 Å². The molecule has 2 saturated carbocycles. The number of ether oxygens (including phenoxy) is 2. The van der Waals surface area contributed by atoms with Crippen molar-refractivity contribution in [1.29, 1.82) is 0 Å². The molecule has 5 atom stereocenters. The first-order valence-electron chi connectivity index (χ1n) is 14.9. The van der Waals surface area contributed by atoms with Crippen LogP contribution in [0, 0.1) is 11.3 Å². The highest BCUT2D eigenvalue weighted by Crippen LogP contribution is 2.71. The number of carbonyl (C=O) groups is 3. The van der Waals surface area contributed by atoms with Gasteiger partial charge in [0.15, 0.2) is 0 Å². The molecule has 3 amide bonds. The van der Waals surface area contributed by atoms with Crippen LogP contribution in [0.25, 0.3) is 0 Å². The maximum Gasteiger partial charge on any atom is 0.573 e. The molecule has 1 unspecified atom stereocenters. The molecule has 4 rings (SSSR count). The van der Waals surface area contributed by atoms with E-state index in [0.29, 0.717) is 6.42 Å². The number of nitrogens with one attached hydrogen (secondary N) is 2. The molecule has 1 aliphatic heterocycles. The van der Waals surface area contributed by atoms with Crippen molar-refractivity contribution >= 4 is 25.3 Å². The average Bonchev–Trinajstić information content (AvgIpc) is 3.23. The monoisotopic (exact) mass is 643 g/mol. The highest BCUT2D eigenvalue weighted by atomic mass is 31.2. The van der Waals surface area contributed by atoms with Crippen molar-refractivity contribution in [1.82, 2.24) is 15.5 Å². The Hall–Kier alpha value is -3.05. The molecule has 1 saturated heterocycles. The van der Waals surface area contributed by atoms with E-state index in [4.69, 9.17) is 4.74 Å². The zero-order valence-electron chi connectivity index (χ0n) is 25.2. The largest absolute Gasteiger partial charge is 0.573 e. The molecule has 10 nitrogen and oxygen atoms in total. The van der Waals surface area contributed by atoms with Gasteiger partial charge in [-0.25, -0.2) is 4.79 Å². The van der Waals surface area contributed by atoms with Gasteiger partial charge in [-0.05, 0) is 56.4 Å². The van der Waals surface area contributed by atoms with Crippen LogP contribution in [0.2, 0.25) is 0 Å². The number of hydrogen-bond donors (Lipinski definition) is 3. The van der Waals surface area contributed by atoms with Gasteiger partial charge in [0.05, 0.1) is 6.16 Å². The van der Waals surface area contributed by atoms with Gasteiger partial charge in [-0.3, -0.25) is 14.2 Å². The Bertz CT molecular complexity index is 1310. The lowest BCUT2D eigenvalue weighted by atomic mass is 9.85. The molecule has 244 valence electrons. The van der Waals surface area contributed by atoms with Gasteiger partial charge in [-0.15, -0.1) is 19.8 Å². The molecule has 44 heavy (non-hydrogen) atoms. The summed E-state index contributed by atoms with van der Waals surface area (Å²) < 4.78 is 62.3. The fourth-order valence-electron chi connectivity index (χ4n) is 6.14. The molecular formula is C30H41F3N3O7P. The first-order valence-corrected chi connectivity index (χ1v) is 16.7. The molecule has 2 aliphatic carbocycles. The predicted molar refractivity (Wildman–Crippen MR) is 156 cm³/mol. The van der Waals surface area contributed by atoms with Crippen LogP contribution in [0.4, 0.5) is 18.0 Å². The number of para-hydroxylation sites is 1. The second-order valence-electron chi connectivity index (χ2n) is 12.9. The number of benzene rings is 1. The van der Waals surface area contributed by atoms with Crippen LogP contribution in [-0.2, 0) is 25.1 Å². The van der Waals surface area contributed by atoms with Crippen LogP contribution in [-0.4, -0.2) is 64.1 Å². The van der Waals surface area contributed by atoms with E-state index < -0.39 is 72.2 Å². The first kappa shape index (κ1) is 33.8. The molecule has 0 radical (unpaired) electrons. The number of halogens is 3. The second kappa shape index (κ2) is 12.7. The summed E-state index contributed by atoms with van der Waals surface area (Å²) in [4.78, 5) is 52.9. The number of amides is 3. The normalized spacial score (nSPS) is 25.9. The highest BCUT2D eigenvalue weighted by Gasteiger charge is 2.65. The van der Waals surface area contributed by atoms with E-state index in [1.54, 1.807) is 20.8 Å². The summed E-state index contributed by atoms with van der Waals surface area (Å²) in [7, 11) is -4.42. The third-order valence-corrected chi connectivity index (χ3v) is 11.2. The third-order valence-electron chi connectivity index (χ3n) is 8.60. The standard InChI is InChI=1S/C30H41F3N3O7P/c1-5-20-17-29(20,44(40,41)18-19-11-6-9-15-23(19)43-30(31,32)33)35-25(37)22-14-10-16-36(22)26(38)24(28(2,3)4)34-27(39)42-21-12-7-8-13-21/h5-6,9,11,15,20-22,24H,1,7-8,10,12-14,16-18H2,2-4H3,(H,34,39)(H,35,37)(H,40,41)/t20-,22+,24-,29+/m1/s1. The zero-order valence-corrected chi connectivity index (χ0v) is 26.1. The van der Waals surface area contributed by atoms with Gasteiger partial charge >= 0.3 is 12.5 Å². The van der Waals surface area contributed by atoms with E-state index in [1.807, 2.05) is 0 Å². The molecular weight excluding hydrogens is 602 g/mol. The Kier molecular flexibility index (Phi) is 9.80. The molecule has 1 heterocycles. The topological polar surface area (TPSA) is 134 Å². The van der Waals surface area contributed by atoms with Crippen molar-refractivity contribution in [3.05, 3.63) is 42.5 Å². The summed E-state index contributed by atoms with van der Waals surface area (Å²) >= 11 is 0. The van der Waals surface area contributed by atoms with Crippen molar-refractivity contribution in [3.8, 4) is 5.75 Å². The molecule has 3 aliphatic rings. The molecule has 0 spiro atoms. The van der Waals surface area contributed by atoms with E-state index in [-0.39, 0.29) is 31.1 Å². The van der Waals surface area contributed by atoms with Crippen LogP contribution in [0.1, 0.15) is 71.3 Å². The Morgan fingerprint density at radius 1 is 1.16 bits per heavy atom. The van der Waals surface area contributed by atoms with E-state index in [0.717, 1.165) is 31.7 Å². The fourth-order valence-corrected chi connectivity index (χ4v) is 8.54. The molecule has 0 aromatic heterocycles. The lowest BCUT2D eigenvalue weighted by Gasteiger charge is -2.36. The van der Waals surface area contributed by atoms with Crippen molar-refractivity contribution in [2.75, 3.05) is 6.54 Å². The molecule has 1 aromatic carbocycles. The maximum absolute atomic E-state index is 13.8. The van der Waals surface area contributed by atoms with Crippen molar-refractivity contribution in [2.45, 2.75) is 102 Å². The number of nitrogens with zero attached hydrogens (tertiary/aromatic N) is 1. The molecule has 14 heteroatoms. The summed E-state index contributed by atoms with van der Waals surface area (Å²) in [5.41, 5.74) is -0.867. The number of likely N-dealkylation sites (tertiary alicyclic amines) is 1. The Morgan fingerprint density at radius 2 is 1.82 bits per heavy atom. The summed E-state index contributed by atoms with van der Waals surface area (Å²) in [5, 5.41) is 3.73. The molecule has 1 aromatic rings. The van der Waals surface area contributed by atoms with Crippen LogP contribution in [0.5, 0.6) is 5.75 Å². The Labute approximate surface area is 255 Å². The zero-order chi connectivity index (χ0) is 32.5. The van der Waals surface area contributed by atoms with E-state index >= 15 is 0 Å². The lowest BCUT2D eigenvalue weighted by molar-refractivity contribution is -0.274. The molecule has 3 fully saturated rings. The summed E-state index contributed by atoms with van der Waals surface area (Å²) in [6.07, 6.45) is -0.883. The van der Waals surface area contributed by atoms with Crippen LogP contribution in [0.15, 0.2) is 36.9 Å². The van der Waals surface area contributed by atoms with Crippen LogP contribution >= 0.6 is 7.37 Å². The fraction of sp³-hybridized carbons (Fsp3) is 0.633. The Balaban J connectivity index is 1.51. The summed E-state index contributed by atoms with van der Waals surface area (Å²) in [6, 6.07) is 3.07. The van der Waals surface area contributed by atoms with Crippen molar-refractivity contribution in [2.24, 2.45) is 11.3 Å². The lowest BCUT2D eigenvalue weighted by Crippen LogP contribution is -2.58.